The van der Waals surface area contributed by atoms with E-state index < -0.39 is 40.8 Å². The van der Waals surface area contributed by atoms with Gasteiger partial charge < -0.3 is 10.4 Å². The second-order valence-electron chi connectivity index (χ2n) is 10.5. The van der Waals surface area contributed by atoms with Gasteiger partial charge in [-0.3, -0.25) is 39.5 Å². The number of carbonyl (C=O) groups is 5. The van der Waals surface area contributed by atoms with Crippen molar-refractivity contribution in [2.24, 2.45) is 16.0 Å². The number of ketones is 1. The summed E-state index contributed by atoms with van der Waals surface area (Å²) in [4.78, 5) is 73.9. The van der Waals surface area contributed by atoms with E-state index in [1.54, 1.807) is 35.8 Å². The maximum absolute atomic E-state index is 13.4. The minimum atomic E-state index is -1.27. The third-order valence-corrected chi connectivity index (χ3v) is 7.29. The van der Waals surface area contributed by atoms with Crippen molar-refractivity contribution < 1.29 is 34.0 Å². The predicted octanol–water partition coefficient (Wildman–Crippen LogP) is 3.74. The number of hydrogen-bond donors (Lipinski definition) is 6. The molecule has 0 saturated heterocycles. The van der Waals surface area contributed by atoms with Gasteiger partial charge in [0.25, 0.3) is 11.6 Å². The molecule has 0 unspecified atom stereocenters. The molecule has 0 saturated carbocycles. The van der Waals surface area contributed by atoms with Crippen molar-refractivity contribution in [2.45, 2.75) is 25.7 Å². The summed E-state index contributed by atoms with van der Waals surface area (Å²) in [5, 5.41) is 33.8. The van der Waals surface area contributed by atoms with Crippen molar-refractivity contribution in [1.82, 2.24) is 16.3 Å². The maximum Gasteiger partial charge on any atom is 0.330 e. The Balaban J connectivity index is 1.65. The van der Waals surface area contributed by atoms with Gasteiger partial charge in [0.2, 0.25) is 5.91 Å². The number of nitro benzene ring substituents is 1. The summed E-state index contributed by atoms with van der Waals surface area (Å²) < 4.78 is 0. The highest BCUT2D eigenvalue weighted by atomic mass is 35.5. The van der Waals surface area contributed by atoms with Crippen LogP contribution in [-0.4, -0.2) is 50.9 Å². The monoisotopic (exact) mass is 700 g/mol. The molecule has 0 radical (unpaired) electrons. The largest absolute Gasteiger partial charge is 0.507 e. The number of fused-ring (bicyclic) bond motifs is 1. The van der Waals surface area contributed by atoms with Crippen LogP contribution in [0.1, 0.15) is 46.4 Å². The van der Waals surface area contributed by atoms with Crippen LogP contribution in [0.2, 0.25) is 5.02 Å². The number of non-ortho nitro benzene ring substituents is 1. The van der Waals surface area contributed by atoms with Gasteiger partial charge in [0.15, 0.2) is 5.78 Å². The summed E-state index contributed by atoms with van der Waals surface area (Å²) in [6.45, 7) is 0. The van der Waals surface area contributed by atoms with Crippen LogP contribution < -0.4 is 27.4 Å². The Morgan fingerprint density at radius 3 is 2.28 bits per heavy atom. The van der Waals surface area contributed by atoms with Gasteiger partial charge in [-0.05, 0) is 60.0 Å². The third kappa shape index (κ3) is 9.75. The average Bonchev–Trinajstić information content (AvgIpc) is 3.11. The van der Waals surface area contributed by atoms with Crippen LogP contribution in [0, 0.1) is 10.1 Å². The molecule has 4 aromatic rings. The topological polar surface area (TPSA) is 248 Å². The smallest absolute Gasteiger partial charge is 0.330 e. The van der Waals surface area contributed by atoms with Gasteiger partial charge in [0, 0.05) is 34.8 Å². The van der Waals surface area contributed by atoms with Crippen LogP contribution in [0.5, 0.6) is 5.75 Å². The zero-order valence-corrected chi connectivity index (χ0v) is 26.8. The number of rotatable bonds is 13. The van der Waals surface area contributed by atoms with Crippen LogP contribution in [-0.2, 0) is 14.4 Å². The molecule has 0 aliphatic carbocycles. The quantitative estimate of drug-likeness (QED) is 0.0226. The van der Waals surface area contributed by atoms with Crippen LogP contribution in [0.15, 0.2) is 95.1 Å². The minimum Gasteiger partial charge on any atom is -0.507 e. The molecule has 4 rings (SSSR count). The summed E-state index contributed by atoms with van der Waals surface area (Å²) in [6.07, 6.45) is -0.726. The number of hydrazone groups is 2. The number of benzene rings is 4. The number of phenolic OH excluding ortho intramolecular Hbond substituents is 1. The number of anilines is 1. The Morgan fingerprint density at radius 1 is 0.840 bits per heavy atom. The molecular weight excluding hydrogens is 672 g/mol. The number of nitro groups is 1. The normalized spacial score (nSPS) is 11.4. The SMILES string of the molecule is NNC(=O)C(=O)NN=C(CC(=O)c1ccc(Cl)cc1)C(CCCC(=O)Nc1cccc([N+](=O)[O-])c1)=NNC(=O)c1c(O)ccc2ccccc12. The van der Waals surface area contributed by atoms with Gasteiger partial charge in [0.05, 0.1) is 28.3 Å². The molecule has 0 fully saturated rings. The van der Waals surface area contributed by atoms with Gasteiger partial charge in [0.1, 0.15) is 5.75 Å². The molecule has 16 nitrogen and oxygen atoms in total. The lowest BCUT2D eigenvalue weighted by molar-refractivity contribution is -0.384. The zero-order chi connectivity index (χ0) is 36.2. The summed E-state index contributed by atoms with van der Waals surface area (Å²) in [5.74, 6) is 0.338. The predicted molar refractivity (Wildman–Crippen MR) is 184 cm³/mol. The van der Waals surface area contributed by atoms with Crippen molar-refractivity contribution in [3.8, 4) is 5.75 Å². The van der Waals surface area contributed by atoms with Crippen LogP contribution in [0.3, 0.4) is 0 Å². The van der Waals surface area contributed by atoms with Crippen molar-refractivity contribution in [1.29, 1.82) is 0 Å². The Morgan fingerprint density at radius 2 is 1.56 bits per heavy atom. The molecule has 4 amide bonds. The number of hydrazine groups is 1. The highest BCUT2D eigenvalue weighted by Crippen LogP contribution is 2.27. The second-order valence-corrected chi connectivity index (χ2v) is 10.9. The summed E-state index contributed by atoms with van der Waals surface area (Å²) in [7, 11) is 0. The van der Waals surface area contributed by atoms with Crippen LogP contribution in [0.4, 0.5) is 11.4 Å². The fourth-order valence-corrected chi connectivity index (χ4v) is 4.73. The van der Waals surface area contributed by atoms with E-state index >= 15 is 0 Å². The molecule has 0 heterocycles. The van der Waals surface area contributed by atoms with Crippen molar-refractivity contribution in [3.63, 3.8) is 0 Å². The molecule has 4 aromatic carbocycles. The van der Waals surface area contributed by atoms with E-state index in [-0.39, 0.29) is 58.9 Å². The van der Waals surface area contributed by atoms with E-state index in [9.17, 15) is 39.2 Å². The molecule has 0 spiro atoms. The van der Waals surface area contributed by atoms with Crippen molar-refractivity contribution in [3.05, 3.63) is 111 Å². The van der Waals surface area contributed by atoms with Crippen molar-refractivity contribution >= 4 is 74.6 Å². The molecule has 7 N–H and O–H groups in total. The number of nitrogens with two attached hydrogens (primary N) is 1. The molecular formula is C33H29ClN8O8. The highest BCUT2D eigenvalue weighted by molar-refractivity contribution is 6.46. The first-order valence-corrected chi connectivity index (χ1v) is 15.1. The van der Waals surface area contributed by atoms with E-state index in [0.717, 1.165) is 0 Å². The number of amides is 4. The molecule has 0 aliphatic heterocycles. The number of aromatic hydroxyl groups is 1. The maximum atomic E-state index is 13.4. The fraction of sp³-hybridized carbons (Fsp3) is 0.121. The molecule has 17 heteroatoms. The lowest BCUT2D eigenvalue weighted by atomic mass is 10.00. The number of nitrogens with one attached hydrogen (secondary N) is 4. The number of carbonyl (C=O) groups excluding carboxylic acids is 5. The van der Waals surface area contributed by atoms with E-state index in [1.807, 2.05) is 5.43 Å². The number of nitrogens with zero attached hydrogens (tertiary/aromatic N) is 3. The second kappa shape index (κ2) is 17.0. The Kier molecular flexibility index (Phi) is 12.4. The van der Waals surface area contributed by atoms with Gasteiger partial charge in [-0.1, -0.05) is 48.0 Å². The van der Waals surface area contributed by atoms with Crippen LogP contribution in [0.25, 0.3) is 10.8 Å². The lowest BCUT2D eigenvalue weighted by Gasteiger charge is -2.12. The highest BCUT2D eigenvalue weighted by Gasteiger charge is 2.21. The average molecular weight is 701 g/mol. The van der Waals surface area contributed by atoms with Gasteiger partial charge in [-0.25, -0.2) is 16.7 Å². The number of hydrogen-bond acceptors (Lipinski definition) is 11. The zero-order valence-electron chi connectivity index (χ0n) is 26.0. The van der Waals surface area contributed by atoms with Gasteiger partial charge >= 0.3 is 11.8 Å². The van der Waals surface area contributed by atoms with E-state index in [2.05, 4.69) is 20.9 Å². The summed E-state index contributed by atoms with van der Waals surface area (Å²) in [5.41, 5.74) is 5.83. The summed E-state index contributed by atoms with van der Waals surface area (Å²) in [6, 6.07) is 21.0. The fourth-order valence-electron chi connectivity index (χ4n) is 4.61. The van der Waals surface area contributed by atoms with Gasteiger partial charge in [-0.2, -0.15) is 10.2 Å². The molecule has 0 bridgehead atoms. The van der Waals surface area contributed by atoms with Gasteiger partial charge in [-0.15, -0.1) is 0 Å². The van der Waals surface area contributed by atoms with Crippen LogP contribution >= 0.6 is 11.6 Å². The molecule has 50 heavy (non-hydrogen) atoms. The third-order valence-electron chi connectivity index (χ3n) is 7.04. The number of halogens is 1. The molecule has 0 aliphatic rings. The molecule has 0 aromatic heterocycles. The minimum absolute atomic E-state index is 0.0420. The van der Waals surface area contributed by atoms with E-state index in [1.165, 1.54) is 54.6 Å². The molecule has 256 valence electrons. The first kappa shape index (κ1) is 36.3. The number of Topliss-reactive ketones (excluding diaryl/α,β-unsaturated/α-hetero) is 1. The van der Waals surface area contributed by atoms with E-state index in [0.29, 0.717) is 15.8 Å². The lowest BCUT2D eigenvalue weighted by Crippen LogP contribution is -2.42. The number of phenols is 1. The standard InChI is InChI=1S/C33H29ClN8O8/c34-21-14-11-20(12-15-21)28(44)18-26(39-41-33(48)32(47)37-35)25(9-4-10-29(45)36-22-6-3-7-23(17-22)42(49)50)38-40-31(46)30-24-8-2-1-5-19(24)13-16-27(30)43/h1-3,5-8,11-17,43H,4,9-10,18,35H2,(H,36,45)(H,37,47)(H,40,46)(H,41,48). The Bertz CT molecular complexity index is 2030. The first-order chi connectivity index (χ1) is 24.0. The van der Waals surface area contributed by atoms with Crippen molar-refractivity contribution in [2.75, 3.05) is 5.32 Å². The van der Waals surface area contributed by atoms with E-state index in [4.69, 9.17) is 17.4 Å². The Labute approximate surface area is 288 Å². The molecule has 0 atom stereocenters. The summed E-state index contributed by atoms with van der Waals surface area (Å²) >= 11 is 5.95. The first-order valence-electron chi connectivity index (χ1n) is 14.8. The Hall–Kier alpha value is -6.52.